The average Bonchev–Trinajstić information content (AvgIpc) is 2.14. The van der Waals surface area contributed by atoms with E-state index in [0.29, 0.717) is 5.82 Å². The summed E-state index contributed by atoms with van der Waals surface area (Å²) in [5, 5.41) is 9.84. The molecule has 0 amide bonds. The van der Waals surface area contributed by atoms with Crippen LogP contribution in [-0.2, 0) is 0 Å². The second kappa shape index (κ2) is 1.77. The van der Waals surface area contributed by atoms with Crippen LogP contribution in [0.15, 0.2) is 18.3 Å². The van der Waals surface area contributed by atoms with Crippen LogP contribution in [0.1, 0.15) is 0 Å². The van der Waals surface area contributed by atoms with Crippen LogP contribution in [0.2, 0.25) is 0 Å². The van der Waals surface area contributed by atoms with E-state index in [1.54, 1.807) is 18.3 Å². The molecule has 3 heteroatoms. The van der Waals surface area contributed by atoms with Crippen molar-refractivity contribution in [2.45, 2.75) is 0 Å². The number of hydrogen-bond donors (Lipinski definition) is 2. The third-order valence-corrected chi connectivity index (χ3v) is 0.749. The molecule has 3 nitrogen and oxygen atoms in total. The van der Waals surface area contributed by atoms with Gasteiger partial charge in [0.15, 0.2) is 0 Å². The summed E-state index contributed by atoms with van der Waals surface area (Å²) < 4.78 is 0. The largest absolute Gasteiger partial charge is 0.629 e. The van der Waals surface area contributed by atoms with Crippen LogP contribution in [0.4, 0.5) is 5.82 Å². The van der Waals surface area contributed by atoms with E-state index in [2.05, 4.69) is 4.98 Å². The van der Waals surface area contributed by atoms with E-state index in [0.717, 1.165) is 5.48 Å². The van der Waals surface area contributed by atoms with Gasteiger partial charge in [-0.05, 0) is 6.07 Å². The molecule has 0 bridgehead atoms. The zero-order valence-corrected chi connectivity index (χ0v) is 3.72. The molecule has 0 saturated heterocycles. The van der Waals surface area contributed by atoms with Gasteiger partial charge in [-0.3, -0.25) is 0 Å². The third kappa shape index (κ3) is 0.792. The summed E-state index contributed by atoms with van der Waals surface area (Å²) in [6.45, 7) is 0. The summed E-state index contributed by atoms with van der Waals surface area (Å²) in [6, 6.07) is 3.50. The molecular formula is C4H6N2O. The van der Waals surface area contributed by atoms with Crippen LogP contribution in [0.25, 0.3) is 0 Å². The van der Waals surface area contributed by atoms with Gasteiger partial charge in [0, 0.05) is 12.3 Å². The van der Waals surface area contributed by atoms with Crippen molar-refractivity contribution >= 4 is 5.82 Å². The quantitative estimate of drug-likeness (QED) is 0.466. The lowest BCUT2D eigenvalue weighted by molar-refractivity contribution is -0.501. The fourth-order valence-corrected chi connectivity index (χ4v) is 0.418. The summed E-state index contributed by atoms with van der Waals surface area (Å²) in [6.07, 6.45) is 1.71. The average molecular weight is 98.1 g/mol. The predicted octanol–water partition coefficient (Wildman–Crippen LogP) is -0.293. The molecule has 0 saturated carbocycles. The van der Waals surface area contributed by atoms with Crippen molar-refractivity contribution in [3.63, 3.8) is 0 Å². The zero-order valence-electron chi connectivity index (χ0n) is 3.72. The maximum atomic E-state index is 9.84. The third-order valence-electron chi connectivity index (χ3n) is 0.749. The van der Waals surface area contributed by atoms with Crippen LogP contribution in [0.5, 0.6) is 0 Å². The summed E-state index contributed by atoms with van der Waals surface area (Å²) in [4.78, 5) is 2.72. The molecule has 1 aromatic heterocycles. The van der Waals surface area contributed by atoms with Crippen molar-refractivity contribution in [3.05, 3.63) is 23.5 Å². The Labute approximate surface area is 40.9 Å². The summed E-state index contributed by atoms with van der Waals surface area (Å²) in [5.74, 6) is 0.625. The molecule has 0 unspecified atom stereocenters. The van der Waals surface area contributed by atoms with Gasteiger partial charge in [0.2, 0.25) is 5.82 Å². The van der Waals surface area contributed by atoms with Crippen LogP contribution < -0.4 is 5.48 Å². The molecule has 1 rings (SSSR count). The molecule has 0 fully saturated rings. The molecule has 38 valence electrons. The second-order valence-electron chi connectivity index (χ2n) is 1.24. The first-order valence-corrected chi connectivity index (χ1v) is 2.02. The van der Waals surface area contributed by atoms with Gasteiger partial charge in [0.1, 0.15) is 0 Å². The number of rotatable bonds is 1. The fraction of sp³-hybridized carbons (Fsp3) is 0. The number of nitrogens with one attached hydrogen (secondary N) is 1. The van der Waals surface area contributed by atoms with Gasteiger partial charge in [-0.2, -0.15) is 0 Å². The van der Waals surface area contributed by atoms with Crippen LogP contribution in [0, 0.1) is 5.21 Å². The fourth-order valence-electron chi connectivity index (χ4n) is 0.418. The first-order chi connectivity index (χ1) is 3.43. The SMILES string of the molecule is [O-][NH2+]c1ccc[nH]1. The van der Waals surface area contributed by atoms with Crippen molar-refractivity contribution in [1.82, 2.24) is 4.98 Å². The van der Waals surface area contributed by atoms with Crippen LogP contribution >= 0.6 is 0 Å². The van der Waals surface area contributed by atoms with Crippen molar-refractivity contribution < 1.29 is 5.48 Å². The van der Waals surface area contributed by atoms with Crippen LogP contribution in [0.3, 0.4) is 0 Å². The second-order valence-corrected chi connectivity index (χ2v) is 1.24. The molecule has 0 radical (unpaired) electrons. The monoisotopic (exact) mass is 98.0 g/mol. The van der Waals surface area contributed by atoms with Gasteiger partial charge in [-0.25, -0.2) is 0 Å². The highest BCUT2D eigenvalue weighted by Crippen LogP contribution is 1.88. The Morgan fingerprint density at radius 3 is 2.86 bits per heavy atom. The lowest BCUT2D eigenvalue weighted by Gasteiger charge is -1.92. The maximum Gasteiger partial charge on any atom is 0.202 e. The predicted molar refractivity (Wildman–Crippen MR) is 25.7 cm³/mol. The Hall–Kier alpha value is -0.800. The highest BCUT2D eigenvalue weighted by molar-refractivity contribution is 5.15. The van der Waals surface area contributed by atoms with Gasteiger partial charge >= 0.3 is 0 Å². The van der Waals surface area contributed by atoms with E-state index < -0.39 is 0 Å². The Kier molecular flexibility index (Phi) is 1.10. The van der Waals surface area contributed by atoms with Gasteiger partial charge in [-0.15, -0.1) is 0 Å². The normalized spacial score (nSPS) is 9.29. The number of quaternary nitrogens is 1. The Morgan fingerprint density at radius 2 is 2.57 bits per heavy atom. The highest BCUT2D eigenvalue weighted by atomic mass is 16.5. The van der Waals surface area contributed by atoms with E-state index in [9.17, 15) is 5.21 Å². The lowest BCUT2D eigenvalue weighted by atomic mass is 10.6. The smallest absolute Gasteiger partial charge is 0.202 e. The number of aromatic amines is 1. The van der Waals surface area contributed by atoms with Gasteiger partial charge in [0.25, 0.3) is 0 Å². The number of H-pyrrole nitrogens is 1. The molecule has 0 aliphatic rings. The van der Waals surface area contributed by atoms with Crippen molar-refractivity contribution in [3.8, 4) is 0 Å². The molecule has 0 aliphatic carbocycles. The van der Waals surface area contributed by atoms with Crippen molar-refractivity contribution in [2.75, 3.05) is 0 Å². The van der Waals surface area contributed by atoms with E-state index in [1.807, 2.05) is 0 Å². The van der Waals surface area contributed by atoms with Crippen molar-refractivity contribution in [2.24, 2.45) is 0 Å². The number of nitrogens with two attached hydrogens (primary N) is 1. The zero-order chi connectivity index (χ0) is 5.11. The number of aromatic nitrogens is 1. The molecule has 0 spiro atoms. The Bertz CT molecular complexity index is 124. The summed E-state index contributed by atoms with van der Waals surface area (Å²) >= 11 is 0. The summed E-state index contributed by atoms with van der Waals surface area (Å²) in [5.41, 5.74) is 0.778. The number of hydrogen-bond acceptors (Lipinski definition) is 1. The van der Waals surface area contributed by atoms with E-state index in [4.69, 9.17) is 0 Å². The lowest BCUT2D eigenvalue weighted by Crippen LogP contribution is -2.70. The van der Waals surface area contributed by atoms with E-state index in [1.165, 1.54) is 0 Å². The Morgan fingerprint density at radius 1 is 1.71 bits per heavy atom. The standard InChI is InChI=1S/C4H6N2O/c7-6-4-2-1-3-5-4/h1-3,5H,6H2. The minimum absolute atomic E-state index is 0.625. The maximum absolute atomic E-state index is 9.84. The first-order valence-electron chi connectivity index (χ1n) is 2.02. The molecule has 3 N–H and O–H groups in total. The van der Waals surface area contributed by atoms with Gasteiger partial charge < -0.3 is 15.7 Å². The Balaban J connectivity index is 2.76. The first kappa shape index (κ1) is 4.36. The van der Waals surface area contributed by atoms with Crippen molar-refractivity contribution in [1.29, 1.82) is 0 Å². The molecule has 0 aliphatic heterocycles. The molecular weight excluding hydrogens is 92.1 g/mol. The molecule has 0 atom stereocenters. The van der Waals surface area contributed by atoms with Gasteiger partial charge in [-0.1, -0.05) is 0 Å². The molecule has 0 aromatic carbocycles. The topological polar surface area (TPSA) is 55.5 Å². The highest BCUT2D eigenvalue weighted by Gasteiger charge is 1.82. The summed E-state index contributed by atoms with van der Waals surface area (Å²) in [7, 11) is 0. The van der Waals surface area contributed by atoms with Gasteiger partial charge in [0.05, 0.1) is 0 Å². The molecule has 1 aromatic rings. The minimum Gasteiger partial charge on any atom is -0.629 e. The minimum atomic E-state index is 0.625. The van der Waals surface area contributed by atoms with Crippen LogP contribution in [-0.4, -0.2) is 4.98 Å². The molecule has 7 heavy (non-hydrogen) atoms. The molecule has 1 heterocycles. The van der Waals surface area contributed by atoms with E-state index in [-0.39, 0.29) is 0 Å². The van der Waals surface area contributed by atoms with E-state index >= 15 is 0 Å².